The fraction of sp³-hybridized carbons (Fsp3) is 0.900. The third kappa shape index (κ3) is 4.50. The Kier molecular flexibility index (Phi) is 5.99. The largest absolute Gasteiger partial charge is 0.330 e. The molecule has 0 fully saturated rings. The van der Waals surface area contributed by atoms with Crippen molar-refractivity contribution < 1.29 is 4.79 Å². The Morgan fingerprint density at radius 1 is 1.42 bits per heavy atom. The Morgan fingerprint density at radius 2 is 2.00 bits per heavy atom. The van der Waals surface area contributed by atoms with E-state index in [0.717, 1.165) is 19.3 Å². The van der Waals surface area contributed by atoms with Gasteiger partial charge in [-0.15, -0.1) is 0 Å². The minimum Gasteiger partial charge on any atom is -0.330 e. The molecule has 0 aliphatic rings. The van der Waals surface area contributed by atoms with Crippen molar-refractivity contribution in [2.24, 2.45) is 17.6 Å². The molecule has 0 aliphatic heterocycles. The van der Waals surface area contributed by atoms with E-state index in [1.54, 1.807) is 0 Å². The average Bonchev–Trinajstić information content (AvgIpc) is 2.04. The molecule has 0 rings (SSSR count). The van der Waals surface area contributed by atoms with Crippen LogP contribution in [0, 0.1) is 11.8 Å². The van der Waals surface area contributed by atoms with E-state index in [-0.39, 0.29) is 5.92 Å². The SMILES string of the molecule is CCC(C)CC(=O)C(C)CCN. The molecule has 72 valence electrons. The van der Waals surface area contributed by atoms with E-state index in [0.29, 0.717) is 18.2 Å². The van der Waals surface area contributed by atoms with Crippen molar-refractivity contribution >= 4 is 5.78 Å². The van der Waals surface area contributed by atoms with E-state index >= 15 is 0 Å². The predicted molar refractivity (Wildman–Crippen MR) is 51.9 cm³/mol. The zero-order chi connectivity index (χ0) is 9.56. The Hall–Kier alpha value is -0.370. The van der Waals surface area contributed by atoms with Gasteiger partial charge in [0.2, 0.25) is 0 Å². The second-order valence-electron chi connectivity index (χ2n) is 3.66. The fourth-order valence-corrected chi connectivity index (χ4v) is 1.10. The molecule has 12 heavy (non-hydrogen) atoms. The van der Waals surface area contributed by atoms with Crippen LogP contribution in [0.25, 0.3) is 0 Å². The molecule has 2 unspecified atom stereocenters. The summed E-state index contributed by atoms with van der Waals surface area (Å²) in [6, 6.07) is 0. The first-order valence-electron chi connectivity index (χ1n) is 4.84. The number of rotatable bonds is 6. The summed E-state index contributed by atoms with van der Waals surface area (Å²) in [6.07, 6.45) is 2.63. The topological polar surface area (TPSA) is 43.1 Å². The number of nitrogens with two attached hydrogens (primary N) is 1. The molecule has 0 aliphatic carbocycles. The Labute approximate surface area is 75.5 Å². The van der Waals surface area contributed by atoms with E-state index < -0.39 is 0 Å². The van der Waals surface area contributed by atoms with Crippen LogP contribution in [0.4, 0.5) is 0 Å². The zero-order valence-corrected chi connectivity index (χ0v) is 8.47. The highest BCUT2D eigenvalue weighted by atomic mass is 16.1. The molecule has 0 amide bonds. The maximum absolute atomic E-state index is 11.4. The van der Waals surface area contributed by atoms with Gasteiger partial charge in [0, 0.05) is 12.3 Å². The molecule has 0 aromatic rings. The van der Waals surface area contributed by atoms with Crippen LogP contribution in [-0.4, -0.2) is 12.3 Å². The van der Waals surface area contributed by atoms with Crippen molar-refractivity contribution in [3.05, 3.63) is 0 Å². The summed E-state index contributed by atoms with van der Waals surface area (Å²) in [4.78, 5) is 11.4. The minimum atomic E-state index is 0.156. The van der Waals surface area contributed by atoms with Crippen LogP contribution in [-0.2, 0) is 4.79 Å². The lowest BCUT2D eigenvalue weighted by Gasteiger charge is -2.11. The first-order valence-corrected chi connectivity index (χ1v) is 4.84. The first kappa shape index (κ1) is 11.6. The molecule has 0 bridgehead atoms. The van der Waals surface area contributed by atoms with E-state index in [1.165, 1.54) is 0 Å². The quantitative estimate of drug-likeness (QED) is 0.664. The monoisotopic (exact) mass is 171 g/mol. The molecule has 0 saturated carbocycles. The number of carbonyl (C=O) groups excluding carboxylic acids is 1. The van der Waals surface area contributed by atoms with Crippen molar-refractivity contribution in [2.45, 2.75) is 40.0 Å². The smallest absolute Gasteiger partial charge is 0.136 e. The van der Waals surface area contributed by atoms with Gasteiger partial charge in [-0.2, -0.15) is 0 Å². The van der Waals surface area contributed by atoms with Crippen LogP contribution in [0.15, 0.2) is 0 Å². The average molecular weight is 171 g/mol. The van der Waals surface area contributed by atoms with Gasteiger partial charge in [0.25, 0.3) is 0 Å². The Morgan fingerprint density at radius 3 is 2.42 bits per heavy atom. The van der Waals surface area contributed by atoms with Crippen LogP contribution in [0.2, 0.25) is 0 Å². The molecule has 2 heteroatoms. The van der Waals surface area contributed by atoms with Crippen molar-refractivity contribution in [3.63, 3.8) is 0 Å². The summed E-state index contributed by atoms with van der Waals surface area (Å²) < 4.78 is 0. The maximum atomic E-state index is 11.4. The second kappa shape index (κ2) is 6.18. The van der Waals surface area contributed by atoms with Crippen molar-refractivity contribution in [1.29, 1.82) is 0 Å². The summed E-state index contributed by atoms with van der Waals surface area (Å²) in [5.41, 5.74) is 5.38. The van der Waals surface area contributed by atoms with Gasteiger partial charge in [-0.3, -0.25) is 4.79 Å². The van der Waals surface area contributed by atoms with Crippen molar-refractivity contribution in [1.82, 2.24) is 0 Å². The van der Waals surface area contributed by atoms with Crippen molar-refractivity contribution in [3.8, 4) is 0 Å². The number of ketones is 1. The molecule has 0 aromatic carbocycles. The summed E-state index contributed by atoms with van der Waals surface area (Å²) in [7, 11) is 0. The maximum Gasteiger partial charge on any atom is 0.136 e. The second-order valence-corrected chi connectivity index (χ2v) is 3.66. The van der Waals surface area contributed by atoms with Crippen LogP contribution < -0.4 is 5.73 Å². The number of Topliss-reactive ketones (excluding diaryl/α,β-unsaturated/α-hetero) is 1. The normalized spacial score (nSPS) is 15.7. The van der Waals surface area contributed by atoms with E-state index in [9.17, 15) is 4.79 Å². The lowest BCUT2D eigenvalue weighted by molar-refractivity contribution is -0.123. The van der Waals surface area contributed by atoms with Gasteiger partial charge in [0.1, 0.15) is 5.78 Å². The van der Waals surface area contributed by atoms with Gasteiger partial charge in [-0.25, -0.2) is 0 Å². The lowest BCUT2D eigenvalue weighted by Crippen LogP contribution is -2.17. The highest BCUT2D eigenvalue weighted by Crippen LogP contribution is 2.13. The summed E-state index contributed by atoms with van der Waals surface area (Å²) in [6.45, 7) is 6.82. The Bertz CT molecular complexity index is 134. The fourth-order valence-electron chi connectivity index (χ4n) is 1.10. The van der Waals surface area contributed by atoms with Crippen LogP contribution >= 0.6 is 0 Å². The minimum absolute atomic E-state index is 0.156. The third-order valence-electron chi connectivity index (χ3n) is 2.40. The summed E-state index contributed by atoms with van der Waals surface area (Å²) in [5, 5.41) is 0. The van der Waals surface area contributed by atoms with Crippen LogP contribution in [0.1, 0.15) is 40.0 Å². The van der Waals surface area contributed by atoms with Gasteiger partial charge in [-0.05, 0) is 18.9 Å². The Balaban J connectivity index is 3.70. The molecular formula is C10H21NO. The molecule has 0 radical (unpaired) electrons. The molecule has 2 atom stereocenters. The van der Waals surface area contributed by atoms with Gasteiger partial charge in [-0.1, -0.05) is 27.2 Å². The van der Waals surface area contributed by atoms with Crippen LogP contribution in [0.3, 0.4) is 0 Å². The van der Waals surface area contributed by atoms with E-state index in [4.69, 9.17) is 5.73 Å². The zero-order valence-electron chi connectivity index (χ0n) is 8.47. The van der Waals surface area contributed by atoms with Crippen molar-refractivity contribution in [2.75, 3.05) is 6.54 Å². The van der Waals surface area contributed by atoms with Gasteiger partial charge in [0.15, 0.2) is 0 Å². The molecule has 0 spiro atoms. The van der Waals surface area contributed by atoms with Gasteiger partial charge >= 0.3 is 0 Å². The molecule has 0 saturated heterocycles. The molecule has 0 heterocycles. The summed E-state index contributed by atoms with van der Waals surface area (Å²) in [5.74, 6) is 1.05. The number of hydrogen-bond acceptors (Lipinski definition) is 2. The highest BCUT2D eigenvalue weighted by molar-refractivity contribution is 5.80. The molecular weight excluding hydrogens is 150 g/mol. The van der Waals surface area contributed by atoms with E-state index in [1.807, 2.05) is 6.92 Å². The molecule has 2 N–H and O–H groups in total. The van der Waals surface area contributed by atoms with Crippen LogP contribution in [0.5, 0.6) is 0 Å². The number of hydrogen-bond donors (Lipinski definition) is 1. The van der Waals surface area contributed by atoms with E-state index in [2.05, 4.69) is 13.8 Å². The third-order valence-corrected chi connectivity index (χ3v) is 2.40. The lowest BCUT2D eigenvalue weighted by atomic mass is 9.93. The van der Waals surface area contributed by atoms with Gasteiger partial charge < -0.3 is 5.73 Å². The highest BCUT2D eigenvalue weighted by Gasteiger charge is 2.13. The predicted octanol–water partition coefficient (Wildman–Crippen LogP) is 1.98. The molecule has 2 nitrogen and oxygen atoms in total. The standard InChI is InChI=1S/C10H21NO/c1-4-8(2)7-10(12)9(3)5-6-11/h8-9H,4-7,11H2,1-3H3. The summed E-state index contributed by atoms with van der Waals surface area (Å²) >= 11 is 0. The van der Waals surface area contributed by atoms with Gasteiger partial charge in [0.05, 0.1) is 0 Å². The first-order chi connectivity index (χ1) is 5.61. The number of carbonyl (C=O) groups is 1. The molecule has 0 aromatic heterocycles.